The molecule has 1 rings (SSSR count). The van der Waals surface area contributed by atoms with Crippen LogP contribution in [0, 0.1) is 17.6 Å². The first-order chi connectivity index (χ1) is 13.4. The molecule has 0 spiro atoms. The van der Waals surface area contributed by atoms with Crippen molar-refractivity contribution < 1.29 is 23.0 Å². The van der Waals surface area contributed by atoms with Crippen LogP contribution in [0.5, 0.6) is 11.5 Å². The Balaban J connectivity index is 2.41. The van der Waals surface area contributed by atoms with Gasteiger partial charge in [-0.15, -0.1) is 0 Å². The summed E-state index contributed by atoms with van der Waals surface area (Å²) in [6.45, 7) is 4.40. The predicted molar refractivity (Wildman–Crippen MR) is 117 cm³/mol. The summed E-state index contributed by atoms with van der Waals surface area (Å²) < 4.78 is 38.0. The van der Waals surface area contributed by atoms with E-state index in [2.05, 4.69) is 36.4 Å². The molecule has 0 amide bonds. The minimum Gasteiger partial charge on any atom is -0.494 e. The molecule has 6 heteroatoms. The van der Waals surface area contributed by atoms with Crippen molar-refractivity contribution in [1.29, 1.82) is 0 Å². The van der Waals surface area contributed by atoms with Gasteiger partial charge in [-0.25, -0.2) is 0 Å². The standard InChI is InChI=1S/C22H33F2IO3/c1-4-8-16(10-6-12-17(25)9-5-2)11-7-13-20(26)28-19-15-14-18(27-3)21(23)22(19)24/h14-17H,4-13H2,1-3H3. The van der Waals surface area contributed by atoms with Crippen LogP contribution in [0.15, 0.2) is 12.1 Å². The molecule has 28 heavy (non-hydrogen) atoms. The van der Waals surface area contributed by atoms with E-state index < -0.39 is 23.4 Å². The Labute approximate surface area is 181 Å². The molecule has 0 radical (unpaired) electrons. The first-order valence-corrected chi connectivity index (χ1v) is 11.5. The third-order valence-corrected chi connectivity index (χ3v) is 6.12. The number of hydrogen-bond donors (Lipinski definition) is 0. The fraction of sp³-hybridized carbons (Fsp3) is 0.682. The first kappa shape index (κ1) is 25.1. The summed E-state index contributed by atoms with van der Waals surface area (Å²) >= 11 is 2.54. The maximum absolute atomic E-state index is 13.9. The Morgan fingerprint density at radius 3 is 2.21 bits per heavy atom. The molecule has 1 aromatic carbocycles. The van der Waals surface area contributed by atoms with Crippen LogP contribution in [0.2, 0.25) is 0 Å². The number of hydrogen-bond acceptors (Lipinski definition) is 3. The van der Waals surface area contributed by atoms with Crippen molar-refractivity contribution >= 4 is 28.6 Å². The number of carbonyl (C=O) groups excluding carboxylic acids is 1. The second-order valence-electron chi connectivity index (χ2n) is 7.23. The van der Waals surface area contributed by atoms with Crippen molar-refractivity contribution in [3.05, 3.63) is 23.8 Å². The number of halogens is 3. The Morgan fingerprint density at radius 2 is 1.57 bits per heavy atom. The molecule has 0 aliphatic heterocycles. The van der Waals surface area contributed by atoms with E-state index in [1.54, 1.807) is 0 Å². The van der Waals surface area contributed by atoms with E-state index in [0.29, 0.717) is 12.3 Å². The van der Waals surface area contributed by atoms with Crippen molar-refractivity contribution in [3.8, 4) is 11.5 Å². The highest BCUT2D eigenvalue weighted by Gasteiger charge is 2.18. The van der Waals surface area contributed by atoms with Crippen LogP contribution in [0.3, 0.4) is 0 Å². The Bertz CT molecular complexity index is 595. The molecule has 0 aliphatic carbocycles. The van der Waals surface area contributed by atoms with Gasteiger partial charge in [-0.05, 0) is 43.7 Å². The number of esters is 1. The van der Waals surface area contributed by atoms with Gasteiger partial charge in [0.25, 0.3) is 0 Å². The van der Waals surface area contributed by atoms with Crippen LogP contribution in [-0.2, 0) is 4.79 Å². The Morgan fingerprint density at radius 1 is 0.964 bits per heavy atom. The van der Waals surface area contributed by atoms with Gasteiger partial charge in [0.15, 0.2) is 11.5 Å². The largest absolute Gasteiger partial charge is 0.494 e. The van der Waals surface area contributed by atoms with Gasteiger partial charge in [-0.1, -0.05) is 68.5 Å². The molecule has 1 aromatic rings. The normalized spacial score (nSPS) is 13.2. The van der Waals surface area contributed by atoms with Gasteiger partial charge in [-0.2, -0.15) is 8.78 Å². The van der Waals surface area contributed by atoms with Gasteiger partial charge >= 0.3 is 5.97 Å². The lowest BCUT2D eigenvalue weighted by Gasteiger charge is -2.17. The zero-order chi connectivity index (χ0) is 20.9. The van der Waals surface area contributed by atoms with E-state index in [1.807, 2.05) is 0 Å². The first-order valence-electron chi connectivity index (χ1n) is 10.3. The van der Waals surface area contributed by atoms with Gasteiger partial charge in [0.2, 0.25) is 11.6 Å². The molecule has 0 heterocycles. The Hall–Kier alpha value is -0.920. The number of carbonyl (C=O) groups is 1. The van der Waals surface area contributed by atoms with E-state index in [-0.39, 0.29) is 12.2 Å². The third-order valence-electron chi connectivity index (χ3n) is 4.88. The van der Waals surface area contributed by atoms with E-state index in [4.69, 9.17) is 9.47 Å². The molecule has 0 N–H and O–H groups in total. The van der Waals surface area contributed by atoms with Crippen molar-refractivity contribution in [3.63, 3.8) is 0 Å². The molecular formula is C22H33F2IO3. The van der Waals surface area contributed by atoms with E-state index >= 15 is 0 Å². The van der Waals surface area contributed by atoms with Crippen LogP contribution >= 0.6 is 22.6 Å². The zero-order valence-corrected chi connectivity index (χ0v) is 19.4. The van der Waals surface area contributed by atoms with Gasteiger partial charge in [0, 0.05) is 10.3 Å². The van der Waals surface area contributed by atoms with E-state index in [9.17, 15) is 13.6 Å². The SMILES string of the molecule is CCCC(I)CCCC(CCC)CCCC(=O)Oc1ccc(OC)c(F)c1F. The van der Waals surface area contributed by atoms with Crippen molar-refractivity contribution in [1.82, 2.24) is 0 Å². The summed E-state index contributed by atoms with van der Waals surface area (Å²) in [5.74, 6) is -2.87. The average Bonchev–Trinajstić information content (AvgIpc) is 2.66. The lowest BCUT2D eigenvalue weighted by Crippen LogP contribution is -2.11. The van der Waals surface area contributed by atoms with Crippen molar-refractivity contribution in [2.24, 2.45) is 5.92 Å². The van der Waals surface area contributed by atoms with Gasteiger partial charge in [-0.3, -0.25) is 4.79 Å². The van der Waals surface area contributed by atoms with Crippen molar-refractivity contribution in [2.75, 3.05) is 7.11 Å². The Kier molecular flexibility index (Phi) is 12.7. The van der Waals surface area contributed by atoms with Crippen molar-refractivity contribution in [2.45, 2.75) is 82.0 Å². The second-order valence-corrected chi connectivity index (χ2v) is 8.99. The summed E-state index contributed by atoms with van der Waals surface area (Å²) in [4.78, 5) is 12.0. The molecule has 0 aliphatic rings. The highest BCUT2D eigenvalue weighted by atomic mass is 127. The van der Waals surface area contributed by atoms with E-state index in [0.717, 1.165) is 23.2 Å². The second kappa shape index (κ2) is 14.1. The number of benzene rings is 1. The number of rotatable bonds is 14. The third kappa shape index (κ3) is 9.05. The maximum atomic E-state index is 13.9. The molecule has 160 valence electrons. The number of alkyl halides is 1. The molecule has 0 saturated carbocycles. The lowest BCUT2D eigenvalue weighted by atomic mass is 9.91. The molecule has 0 bridgehead atoms. The average molecular weight is 510 g/mol. The lowest BCUT2D eigenvalue weighted by molar-refractivity contribution is -0.134. The van der Waals surface area contributed by atoms with Crippen LogP contribution in [0.25, 0.3) is 0 Å². The minimum atomic E-state index is -1.20. The highest BCUT2D eigenvalue weighted by Crippen LogP contribution is 2.28. The number of methoxy groups -OCH3 is 1. The fourth-order valence-corrected chi connectivity index (χ4v) is 4.45. The van der Waals surface area contributed by atoms with Gasteiger partial charge in [0.1, 0.15) is 0 Å². The monoisotopic (exact) mass is 510 g/mol. The molecular weight excluding hydrogens is 477 g/mol. The molecule has 2 atom stereocenters. The topological polar surface area (TPSA) is 35.5 Å². The summed E-state index contributed by atoms with van der Waals surface area (Å²) in [6, 6.07) is 2.46. The zero-order valence-electron chi connectivity index (χ0n) is 17.2. The fourth-order valence-electron chi connectivity index (χ4n) is 3.39. The minimum absolute atomic E-state index is 0.206. The predicted octanol–water partition coefficient (Wildman–Crippen LogP) is 7.24. The summed E-state index contributed by atoms with van der Waals surface area (Å²) in [6.07, 6.45) is 10.3. The molecule has 2 unspecified atom stereocenters. The smallest absolute Gasteiger partial charge is 0.311 e. The molecule has 0 saturated heterocycles. The summed E-state index contributed by atoms with van der Waals surface area (Å²) in [5.41, 5.74) is 0. The summed E-state index contributed by atoms with van der Waals surface area (Å²) in [5, 5.41) is 0. The molecule has 0 fully saturated rings. The quantitative estimate of drug-likeness (QED) is 0.115. The maximum Gasteiger partial charge on any atom is 0.311 e. The molecule has 3 nitrogen and oxygen atoms in total. The van der Waals surface area contributed by atoms with Crippen LogP contribution in [0.4, 0.5) is 8.78 Å². The van der Waals surface area contributed by atoms with E-state index in [1.165, 1.54) is 51.3 Å². The summed E-state index contributed by atoms with van der Waals surface area (Å²) in [7, 11) is 1.25. The van der Waals surface area contributed by atoms with Crippen LogP contribution in [0.1, 0.15) is 78.1 Å². The van der Waals surface area contributed by atoms with Crippen LogP contribution in [-0.4, -0.2) is 17.0 Å². The highest BCUT2D eigenvalue weighted by molar-refractivity contribution is 14.1. The van der Waals surface area contributed by atoms with Gasteiger partial charge < -0.3 is 9.47 Å². The number of ether oxygens (including phenoxy) is 2. The van der Waals surface area contributed by atoms with Gasteiger partial charge in [0.05, 0.1) is 7.11 Å². The molecule has 0 aromatic heterocycles. The van der Waals surface area contributed by atoms with Crippen LogP contribution < -0.4 is 9.47 Å².